The summed E-state index contributed by atoms with van der Waals surface area (Å²) in [6.07, 6.45) is 1.48. The Morgan fingerprint density at radius 1 is 0.897 bits per heavy atom. The van der Waals surface area contributed by atoms with Crippen LogP contribution in [-0.2, 0) is 11.2 Å². The van der Waals surface area contributed by atoms with Crippen LogP contribution in [0.3, 0.4) is 0 Å². The molecule has 0 saturated carbocycles. The van der Waals surface area contributed by atoms with E-state index in [-0.39, 0.29) is 6.04 Å². The van der Waals surface area contributed by atoms with Gasteiger partial charge >= 0.3 is 5.97 Å². The van der Waals surface area contributed by atoms with Gasteiger partial charge in [-0.15, -0.1) is 0 Å². The van der Waals surface area contributed by atoms with Crippen molar-refractivity contribution >= 4 is 27.5 Å². The van der Waals surface area contributed by atoms with E-state index in [0.29, 0.717) is 12.2 Å². The largest absolute Gasteiger partial charge is 0.481 e. The van der Waals surface area contributed by atoms with Crippen LogP contribution in [0.2, 0.25) is 0 Å². The number of carboxylic acids is 1. The number of carboxylic acid groups (broad SMARTS) is 1. The molecular weight excluding hydrogens is 362 g/mol. The molecule has 0 heterocycles. The van der Waals surface area contributed by atoms with E-state index in [2.05, 4.69) is 24.3 Å². The summed E-state index contributed by atoms with van der Waals surface area (Å²) in [6.45, 7) is 0. The molecule has 0 aromatic heterocycles. The molecule has 3 N–H and O–H groups in total. The number of aliphatic carboxylic acids is 1. The molecule has 0 saturated heterocycles. The minimum Gasteiger partial charge on any atom is -0.481 e. The van der Waals surface area contributed by atoms with Gasteiger partial charge in [-0.3, -0.25) is 4.79 Å². The molecule has 29 heavy (non-hydrogen) atoms. The van der Waals surface area contributed by atoms with Crippen LogP contribution in [0.4, 0.5) is 0 Å². The van der Waals surface area contributed by atoms with Crippen molar-refractivity contribution in [3.8, 4) is 11.5 Å². The summed E-state index contributed by atoms with van der Waals surface area (Å²) < 4.78 is 6.13. The van der Waals surface area contributed by atoms with Gasteiger partial charge in [0.25, 0.3) is 0 Å². The van der Waals surface area contributed by atoms with Crippen LogP contribution in [0, 0.1) is 0 Å². The van der Waals surface area contributed by atoms with Gasteiger partial charge in [-0.25, -0.2) is 0 Å². The van der Waals surface area contributed by atoms with E-state index >= 15 is 0 Å². The maximum Gasteiger partial charge on any atom is 0.312 e. The lowest BCUT2D eigenvalue weighted by Gasteiger charge is -2.28. The highest BCUT2D eigenvalue weighted by atomic mass is 16.5. The average Bonchev–Trinajstić information content (AvgIpc) is 2.73. The van der Waals surface area contributed by atoms with E-state index in [1.54, 1.807) is 0 Å². The van der Waals surface area contributed by atoms with Crippen LogP contribution in [0.25, 0.3) is 21.5 Å². The standard InChI is InChI=1S/C25H21NO3/c26-23-12-9-17-8-11-19(14-22(17)24(23)25(27)28)29-18-10-7-16-6-5-15-3-1-2-4-20(15)21(16)13-18/h1-8,10-11,13-14,23-24H,9,12,26H2,(H,27,28). The van der Waals surface area contributed by atoms with Gasteiger partial charge in [0.2, 0.25) is 0 Å². The number of ether oxygens (including phenoxy) is 1. The van der Waals surface area contributed by atoms with E-state index in [1.807, 2.05) is 48.5 Å². The zero-order valence-electron chi connectivity index (χ0n) is 15.8. The smallest absolute Gasteiger partial charge is 0.312 e. The number of nitrogens with two attached hydrogens (primary N) is 1. The first-order valence-corrected chi connectivity index (χ1v) is 9.81. The van der Waals surface area contributed by atoms with Crippen LogP contribution in [0.1, 0.15) is 23.5 Å². The molecule has 4 heteroatoms. The van der Waals surface area contributed by atoms with Gasteiger partial charge in [0, 0.05) is 6.04 Å². The quantitative estimate of drug-likeness (QED) is 0.475. The molecule has 144 valence electrons. The summed E-state index contributed by atoms with van der Waals surface area (Å²) in [4.78, 5) is 11.7. The normalized spacial score (nSPS) is 18.5. The van der Waals surface area contributed by atoms with Crippen molar-refractivity contribution in [2.75, 3.05) is 0 Å². The summed E-state index contributed by atoms with van der Waals surface area (Å²) in [5, 5.41) is 14.3. The fraction of sp³-hybridized carbons (Fsp3) is 0.160. The Balaban J connectivity index is 1.54. The van der Waals surface area contributed by atoms with Gasteiger partial charge in [-0.05, 0) is 69.8 Å². The monoisotopic (exact) mass is 383 g/mol. The molecule has 0 amide bonds. The second-order valence-electron chi connectivity index (χ2n) is 7.65. The number of aryl methyl sites for hydroxylation is 1. The molecule has 1 aliphatic carbocycles. The molecular formula is C25H21NO3. The van der Waals surface area contributed by atoms with Crippen LogP contribution in [-0.4, -0.2) is 17.1 Å². The molecule has 0 spiro atoms. The Kier molecular flexibility index (Phi) is 4.22. The third kappa shape index (κ3) is 3.12. The maximum atomic E-state index is 11.7. The number of carbonyl (C=O) groups is 1. The highest BCUT2D eigenvalue weighted by Crippen LogP contribution is 2.36. The van der Waals surface area contributed by atoms with E-state index in [0.717, 1.165) is 34.1 Å². The van der Waals surface area contributed by atoms with Crippen molar-refractivity contribution in [3.63, 3.8) is 0 Å². The molecule has 1 aliphatic rings. The molecule has 0 fully saturated rings. The van der Waals surface area contributed by atoms with Crippen LogP contribution in [0.15, 0.2) is 72.8 Å². The molecule has 5 rings (SSSR count). The average molecular weight is 383 g/mol. The van der Waals surface area contributed by atoms with Gasteiger partial charge in [-0.1, -0.05) is 48.5 Å². The Hall–Kier alpha value is -3.37. The van der Waals surface area contributed by atoms with E-state index < -0.39 is 11.9 Å². The lowest BCUT2D eigenvalue weighted by atomic mass is 9.79. The maximum absolute atomic E-state index is 11.7. The zero-order valence-corrected chi connectivity index (χ0v) is 15.8. The Morgan fingerprint density at radius 3 is 2.41 bits per heavy atom. The number of benzene rings is 4. The first-order valence-electron chi connectivity index (χ1n) is 9.81. The van der Waals surface area contributed by atoms with E-state index in [1.165, 1.54) is 10.8 Å². The van der Waals surface area contributed by atoms with E-state index in [9.17, 15) is 9.90 Å². The SMILES string of the molecule is NC1CCc2ccc(Oc3ccc4ccc5ccccc5c4c3)cc2C1C(=O)O. The van der Waals surface area contributed by atoms with Gasteiger partial charge in [0.15, 0.2) is 0 Å². The predicted molar refractivity (Wildman–Crippen MR) is 115 cm³/mol. The minimum absolute atomic E-state index is 0.373. The molecule has 0 aliphatic heterocycles. The molecule has 2 atom stereocenters. The molecule has 2 unspecified atom stereocenters. The molecule has 4 aromatic rings. The Morgan fingerprint density at radius 2 is 1.59 bits per heavy atom. The highest BCUT2D eigenvalue weighted by Gasteiger charge is 2.33. The van der Waals surface area contributed by atoms with Gasteiger partial charge < -0.3 is 15.6 Å². The second-order valence-corrected chi connectivity index (χ2v) is 7.65. The third-order valence-electron chi connectivity index (χ3n) is 5.85. The highest BCUT2D eigenvalue weighted by molar-refractivity contribution is 6.07. The van der Waals surface area contributed by atoms with Crippen molar-refractivity contribution in [1.82, 2.24) is 0 Å². The minimum atomic E-state index is -0.882. The molecule has 0 bridgehead atoms. The van der Waals surface area contributed by atoms with Gasteiger partial charge in [0.05, 0.1) is 5.92 Å². The molecule has 0 radical (unpaired) electrons. The van der Waals surface area contributed by atoms with Crippen molar-refractivity contribution < 1.29 is 14.6 Å². The molecule has 4 aromatic carbocycles. The van der Waals surface area contributed by atoms with Crippen LogP contribution < -0.4 is 10.5 Å². The van der Waals surface area contributed by atoms with Gasteiger partial charge in [-0.2, -0.15) is 0 Å². The number of hydrogen-bond acceptors (Lipinski definition) is 3. The lowest BCUT2D eigenvalue weighted by molar-refractivity contribution is -0.139. The van der Waals surface area contributed by atoms with Crippen molar-refractivity contribution in [2.45, 2.75) is 24.8 Å². The summed E-state index contributed by atoms with van der Waals surface area (Å²) in [6, 6.07) is 23.9. The fourth-order valence-corrected chi connectivity index (χ4v) is 4.37. The Labute approximate surface area is 168 Å². The van der Waals surface area contributed by atoms with Gasteiger partial charge in [0.1, 0.15) is 11.5 Å². The first-order chi connectivity index (χ1) is 14.1. The fourth-order valence-electron chi connectivity index (χ4n) is 4.37. The van der Waals surface area contributed by atoms with Crippen LogP contribution >= 0.6 is 0 Å². The Bertz CT molecular complexity index is 1250. The van der Waals surface area contributed by atoms with Crippen LogP contribution in [0.5, 0.6) is 11.5 Å². The zero-order chi connectivity index (χ0) is 20.0. The van der Waals surface area contributed by atoms with Crippen molar-refractivity contribution in [1.29, 1.82) is 0 Å². The third-order valence-corrected chi connectivity index (χ3v) is 5.85. The first kappa shape index (κ1) is 17.7. The number of rotatable bonds is 3. The van der Waals surface area contributed by atoms with E-state index in [4.69, 9.17) is 10.5 Å². The number of hydrogen-bond donors (Lipinski definition) is 2. The van der Waals surface area contributed by atoms with Crippen molar-refractivity contribution in [2.24, 2.45) is 5.73 Å². The number of fused-ring (bicyclic) bond motifs is 4. The topological polar surface area (TPSA) is 72.5 Å². The molecule has 4 nitrogen and oxygen atoms in total. The lowest BCUT2D eigenvalue weighted by Crippen LogP contribution is -2.37. The summed E-state index contributed by atoms with van der Waals surface area (Å²) >= 11 is 0. The summed E-state index contributed by atoms with van der Waals surface area (Å²) in [7, 11) is 0. The van der Waals surface area contributed by atoms with Crippen molar-refractivity contribution in [3.05, 3.63) is 83.9 Å². The predicted octanol–water partition coefficient (Wildman–Crippen LogP) is 5.23. The second kappa shape index (κ2) is 6.90. The summed E-state index contributed by atoms with van der Waals surface area (Å²) in [5.41, 5.74) is 7.89. The summed E-state index contributed by atoms with van der Waals surface area (Å²) in [5.74, 6) is -0.222.